The molecule has 0 unspecified atom stereocenters. The Balaban J connectivity index is 1.65. The van der Waals surface area contributed by atoms with Crippen LogP contribution in [0, 0.1) is 19.8 Å². The number of hydrogen-bond donors (Lipinski definition) is 1. The molecule has 0 saturated heterocycles. The van der Waals surface area contributed by atoms with Gasteiger partial charge in [-0.2, -0.15) is 0 Å². The van der Waals surface area contributed by atoms with E-state index in [2.05, 4.69) is 42.3 Å². The van der Waals surface area contributed by atoms with Crippen molar-refractivity contribution in [3.05, 3.63) is 34.7 Å². The number of carbonyl (C=O) groups is 1. The number of hydrogen-bond acceptors (Lipinski definition) is 3. The molecule has 0 aliphatic heterocycles. The monoisotopic (exact) mass is 314 g/mol. The van der Waals surface area contributed by atoms with Crippen molar-refractivity contribution in [2.75, 3.05) is 5.32 Å². The highest BCUT2D eigenvalue weighted by Crippen LogP contribution is 2.29. The molecule has 3 nitrogen and oxygen atoms in total. The first-order valence-electron chi connectivity index (χ1n) is 7.95. The summed E-state index contributed by atoms with van der Waals surface area (Å²) in [6.07, 6.45) is 5.56. The van der Waals surface area contributed by atoms with Gasteiger partial charge in [0, 0.05) is 17.4 Å². The van der Waals surface area contributed by atoms with E-state index in [-0.39, 0.29) is 5.91 Å². The number of aromatic nitrogens is 1. The molecule has 0 spiro atoms. The highest BCUT2D eigenvalue weighted by Gasteiger charge is 2.19. The molecule has 1 saturated carbocycles. The van der Waals surface area contributed by atoms with E-state index in [0.29, 0.717) is 17.5 Å². The van der Waals surface area contributed by atoms with Gasteiger partial charge in [-0.15, -0.1) is 11.3 Å². The lowest BCUT2D eigenvalue weighted by Gasteiger charge is -2.07. The summed E-state index contributed by atoms with van der Waals surface area (Å²) in [7, 11) is 0. The van der Waals surface area contributed by atoms with Crippen molar-refractivity contribution in [2.45, 2.75) is 46.0 Å². The van der Waals surface area contributed by atoms with Crippen molar-refractivity contribution in [3.63, 3.8) is 0 Å². The second kappa shape index (κ2) is 6.61. The lowest BCUT2D eigenvalue weighted by atomic mass is 10.0. The normalized spacial score (nSPS) is 15.2. The molecule has 1 aliphatic rings. The number of nitrogens with one attached hydrogen (secondary N) is 1. The van der Waals surface area contributed by atoms with Gasteiger partial charge in [-0.25, -0.2) is 4.98 Å². The van der Waals surface area contributed by atoms with Gasteiger partial charge in [0.25, 0.3) is 0 Å². The van der Waals surface area contributed by atoms with Gasteiger partial charge in [-0.05, 0) is 49.8 Å². The van der Waals surface area contributed by atoms with Gasteiger partial charge in [0.1, 0.15) is 0 Å². The largest absolute Gasteiger partial charge is 0.302 e. The Morgan fingerprint density at radius 2 is 2.05 bits per heavy atom. The third-order valence-electron chi connectivity index (χ3n) is 4.50. The highest BCUT2D eigenvalue weighted by molar-refractivity contribution is 7.14. The van der Waals surface area contributed by atoms with E-state index >= 15 is 0 Å². The predicted molar refractivity (Wildman–Crippen MR) is 92.2 cm³/mol. The first kappa shape index (κ1) is 15.2. The molecule has 1 aliphatic carbocycles. The Bertz CT molecular complexity index is 671. The molecular formula is C18H22N2OS. The SMILES string of the molecule is Cc1ccc(-c2csc(NC(=O)CC3CCCC3)n2)cc1C. The number of thiazole rings is 1. The number of aryl methyl sites for hydroxylation is 2. The Labute approximate surface area is 135 Å². The van der Waals surface area contributed by atoms with Crippen LogP contribution in [0.5, 0.6) is 0 Å². The van der Waals surface area contributed by atoms with E-state index in [0.717, 1.165) is 11.3 Å². The van der Waals surface area contributed by atoms with Crippen LogP contribution in [0.15, 0.2) is 23.6 Å². The molecule has 0 radical (unpaired) electrons. The molecule has 1 aromatic carbocycles. The third kappa shape index (κ3) is 3.55. The van der Waals surface area contributed by atoms with E-state index < -0.39 is 0 Å². The molecule has 1 aromatic heterocycles. The third-order valence-corrected chi connectivity index (χ3v) is 5.26. The molecule has 2 aromatic rings. The summed E-state index contributed by atoms with van der Waals surface area (Å²) in [6, 6.07) is 6.35. The van der Waals surface area contributed by atoms with Gasteiger partial charge in [0.05, 0.1) is 5.69 Å². The fourth-order valence-corrected chi connectivity index (χ4v) is 3.75. The van der Waals surface area contributed by atoms with Gasteiger partial charge in [-0.1, -0.05) is 25.0 Å². The smallest absolute Gasteiger partial charge is 0.226 e. The molecular weight excluding hydrogens is 292 g/mol. The number of nitrogens with zero attached hydrogens (tertiary/aromatic N) is 1. The van der Waals surface area contributed by atoms with Crippen LogP contribution >= 0.6 is 11.3 Å². The minimum atomic E-state index is 0.105. The van der Waals surface area contributed by atoms with Crippen molar-refractivity contribution in [1.29, 1.82) is 0 Å². The average molecular weight is 314 g/mol. The lowest BCUT2D eigenvalue weighted by Crippen LogP contribution is -2.14. The Hall–Kier alpha value is -1.68. The van der Waals surface area contributed by atoms with Crippen molar-refractivity contribution in [3.8, 4) is 11.3 Å². The number of anilines is 1. The van der Waals surface area contributed by atoms with Gasteiger partial charge >= 0.3 is 0 Å². The molecule has 22 heavy (non-hydrogen) atoms. The zero-order valence-electron chi connectivity index (χ0n) is 13.2. The second-order valence-electron chi connectivity index (χ2n) is 6.24. The molecule has 1 fully saturated rings. The minimum absolute atomic E-state index is 0.105. The molecule has 1 heterocycles. The van der Waals surface area contributed by atoms with Gasteiger partial charge in [0.15, 0.2) is 5.13 Å². The fourth-order valence-electron chi connectivity index (χ4n) is 3.01. The number of carbonyl (C=O) groups excluding carboxylic acids is 1. The fraction of sp³-hybridized carbons (Fsp3) is 0.444. The first-order valence-corrected chi connectivity index (χ1v) is 8.83. The molecule has 0 bridgehead atoms. The maximum atomic E-state index is 12.1. The Morgan fingerprint density at radius 3 is 2.77 bits per heavy atom. The maximum absolute atomic E-state index is 12.1. The van der Waals surface area contributed by atoms with Gasteiger partial charge in [-0.3, -0.25) is 4.79 Å². The first-order chi connectivity index (χ1) is 10.6. The summed E-state index contributed by atoms with van der Waals surface area (Å²) < 4.78 is 0. The van der Waals surface area contributed by atoms with E-state index in [4.69, 9.17) is 0 Å². The summed E-state index contributed by atoms with van der Waals surface area (Å²) in [6.45, 7) is 4.21. The van der Waals surface area contributed by atoms with Crippen LogP contribution in [0.3, 0.4) is 0 Å². The van der Waals surface area contributed by atoms with Crippen LogP contribution in [0.25, 0.3) is 11.3 Å². The van der Waals surface area contributed by atoms with Crippen LogP contribution in [0.4, 0.5) is 5.13 Å². The average Bonchev–Trinajstić information content (AvgIpc) is 3.13. The van der Waals surface area contributed by atoms with Crippen LogP contribution in [0.1, 0.15) is 43.2 Å². The molecule has 1 amide bonds. The summed E-state index contributed by atoms with van der Waals surface area (Å²) in [5.41, 5.74) is 4.58. The quantitative estimate of drug-likeness (QED) is 0.868. The van der Waals surface area contributed by atoms with Crippen LogP contribution in [-0.2, 0) is 4.79 Å². The van der Waals surface area contributed by atoms with Crippen molar-refractivity contribution >= 4 is 22.4 Å². The highest BCUT2D eigenvalue weighted by atomic mass is 32.1. The standard InChI is InChI=1S/C18H22N2OS/c1-12-7-8-15(9-13(12)2)16-11-22-18(19-16)20-17(21)10-14-5-3-4-6-14/h7-9,11,14H,3-6,10H2,1-2H3,(H,19,20,21). The number of rotatable bonds is 4. The summed E-state index contributed by atoms with van der Waals surface area (Å²) in [4.78, 5) is 16.6. The van der Waals surface area contributed by atoms with Crippen LogP contribution in [-0.4, -0.2) is 10.9 Å². The molecule has 116 valence electrons. The molecule has 4 heteroatoms. The van der Waals surface area contributed by atoms with E-state index in [1.165, 1.54) is 48.1 Å². The van der Waals surface area contributed by atoms with Crippen molar-refractivity contribution < 1.29 is 4.79 Å². The van der Waals surface area contributed by atoms with Gasteiger partial charge < -0.3 is 5.32 Å². The zero-order valence-corrected chi connectivity index (χ0v) is 14.0. The summed E-state index contributed by atoms with van der Waals surface area (Å²) >= 11 is 1.50. The Kier molecular flexibility index (Phi) is 4.57. The lowest BCUT2D eigenvalue weighted by molar-refractivity contribution is -0.117. The van der Waals surface area contributed by atoms with Gasteiger partial charge in [0.2, 0.25) is 5.91 Å². The van der Waals surface area contributed by atoms with Crippen molar-refractivity contribution in [2.24, 2.45) is 5.92 Å². The Morgan fingerprint density at radius 1 is 1.27 bits per heavy atom. The van der Waals surface area contributed by atoms with E-state index in [1.54, 1.807) is 0 Å². The minimum Gasteiger partial charge on any atom is -0.302 e. The molecule has 3 rings (SSSR count). The van der Waals surface area contributed by atoms with E-state index in [1.807, 2.05) is 5.38 Å². The topological polar surface area (TPSA) is 42.0 Å². The summed E-state index contributed by atoms with van der Waals surface area (Å²) in [5, 5.41) is 5.67. The maximum Gasteiger partial charge on any atom is 0.226 e. The number of benzene rings is 1. The summed E-state index contributed by atoms with van der Waals surface area (Å²) in [5.74, 6) is 0.673. The second-order valence-corrected chi connectivity index (χ2v) is 7.10. The molecule has 0 atom stereocenters. The van der Waals surface area contributed by atoms with Crippen LogP contribution < -0.4 is 5.32 Å². The van der Waals surface area contributed by atoms with Crippen LogP contribution in [0.2, 0.25) is 0 Å². The van der Waals surface area contributed by atoms with E-state index in [9.17, 15) is 4.79 Å². The molecule has 1 N–H and O–H groups in total. The number of amides is 1. The zero-order chi connectivity index (χ0) is 15.5. The predicted octanol–water partition coefficient (Wildman–Crippen LogP) is 4.95. The van der Waals surface area contributed by atoms with Crippen molar-refractivity contribution in [1.82, 2.24) is 4.98 Å².